The fourth-order valence-corrected chi connectivity index (χ4v) is 2.52. The number of carbonyl (C=O) groups excluding carboxylic acids is 1. The van der Waals surface area contributed by atoms with Crippen LogP contribution < -0.4 is 15.8 Å². The molecule has 1 amide bonds. The van der Waals surface area contributed by atoms with Gasteiger partial charge >= 0.3 is 0 Å². The van der Waals surface area contributed by atoms with Crippen LogP contribution in [0.15, 0.2) is 18.2 Å². The van der Waals surface area contributed by atoms with Gasteiger partial charge in [-0.3, -0.25) is 10.1 Å². The Hall–Kier alpha value is -1.69. The van der Waals surface area contributed by atoms with E-state index in [4.69, 9.17) is 10.5 Å². The van der Waals surface area contributed by atoms with Crippen LogP contribution in [0.4, 0.5) is 8.78 Å². The van der Waals surface area contributed by atoms with Gasteiger partial charge in [0, 0.05) is 6.04 Å². The molecule has 1 aliphatic carbocycles. The highest BCUT2D eigenvalue weighted by Crippen LogP contribution is 2.40. The second-order valence-corrected chi connectivity index (χ2v) is 5.75. The van der Waals surface area contributed by atoms with Gasteiger partial charge in [0.05, 0.1) is 0 Å². The predicted octanol–water partition coefficient (Wildman–Crippen LogP) is 1.98. The number of amides is 1. The molecule has 1 atom stereocenters. The molecule has 1 saturated carbocycles. The first-order chi connectivity index (χ1) is 9.86. The van der Waals surface area contributed by atoms with Crippen LogP contribution in [0, 0.1) is 17.6 Å². The SMILES string of the molecule is CC(C)NC(COc1c(F)cccc1F)(C(N)=O)C1CC1. The molecule has 0 saturated heterocycles. The summed E-state index contributed by atoms with van der Waals surface area (Å²) in [6.07, 6.45) is 1.68. The molecule has 3 N–H and O–H groups in total. The van der Waals surface area contributed by atoms with E-state index in [1.54, 1.807) is 0 Å². The standard InChI is InChI=1S/C15H20F2N2O2/c1-9(2)19-15(14(18)20,10-6-7-10)8-21-13-11(16)4-3-5-12(13)17/h3-5,9-10,19H,6-8H2,1-2H3,(H2,18,20). The third-order valence-corrected chi connectivity index (χ3v) is 3.62. The van der Waals surface area contributed by atoms with E-state index in [2.05, 4.69) is 5.32 Å². The number of carbonyl (C=O) groups is 1. The van der Waals surface area contributed by atoms with Crippen LogP contribution in [0.2, 0.25) is 0 Å². The van der Waals surface area contributed by atoms with Crippen LogP contribution in [-0.2, 0) is 4.79 Å². The largest absolute Gasteiger partial charge is 0.485 e. The Labute approximate surface area is 122 Å². The van der Waals surface area contributed by atoms with E-state index >= 15 is 0 Å². The molecule has 0 aliphatic heterocycles. The van der Waals surface area contributed by atoms with E-state index in [9.17, 15) is 13.6 Å². The molecule has 4 nitrogen and oxygen atoms in total. The summed E-state index contributed by atoms with van der Waals surface area (Å²) >= 11 is 0. The second-order valence-electron chi connectivity index (χ2n) is 5.75. The maximum Gasteiger partial charge on any atom is 0.241 e. The summed E-state index contributed by atoms with van der Waals surface area (Å²) in [6.45, 7) is 3.57. The highest BCUT2D eigenvalue weighted by atomic mass is 19.1. The Bertz CT molecular complexity index is 512. The van der Waals surface area contributed by atoms with Gasteiger partial charge in [-0.25, -0.2) is 8.78 Å². The summed E-state index contributed by atoms with van der Waals surface area (Å²) in [5.41, 5.74) is 4.44. The molecular formula is C15H20F2N2O2. The molecule has 1 aromatic rings. The number of benzene rings is 1. The Morgan fingerprint density at radius 3 is 2.43 bits per heavy atom. The van der Waals surface area contributed by atoms with Gasteiger partial charge in [-0.15, -0.1) is 0 Å². The minimum atomic E-state index is -1.09. The quantitative estimate of drug-likeness (QED) is 0.809. The minimum Gasteiger partial charge on any atom is -0.485 e. The molecule has 1 unspecified atom stereocenters. The highest BCUT2D eigenvalue weighted by Gasteiger charge is 2.51. The second kappa shape index (κ2) is 5.97. The number of rotatable bonds is 7. The Morgan fingerprint density at radius 2 is 2.00 bits per heavy atom. The van der Waals surface area contributed by atoms with E-state index in [-0.39, 0.29) is 18.6 Å². The first-order valence-corrected chi connectivity index (χ1v) is 7.01. The van der Waals surface area contributed by atoms with Crippen LogP contribution >= 0.6 is 0 Å². The third kappa shape index (κ3) is 3.32. The van der Waals surface area contributed by atoms with Gasteiger partial charge in [0.1, 0.15) is 12.1 Å². The number of hydrogen-bond acceptors (Lipinski definition) is 3. The van der Waals surface area contributed by atoms with Gasteiger partial charge in [0.25, 0.3) is 0 Å². The number of nitrogens with one attached hydrogen (secondary N) is 1. The fraction of sp³-hybridized carbons (Fsp3) is 0.533. The molecule has 0 bridgehead atoms. The summed E-state index contributed by atoms with van der Waals surface area (Å²) in [5, 5.41) is 3.12. The molecule has 0 aromatic heterocycles. The number of para-hydroxylation sites is 1. The van der Waals surface area contributed by atoms with Crippen molar-refractivity contribution in [2.75, 3.05) is 6.61 Å². The van der Waals surface area contributed by atoms with Crippen molar-refractivity contribution in [3.8, 4) is 5.75 Å². The molecule has 1 aliphatic rings. The molecule has 1 fully saturated rings. The Morgan fingerprint density at radius 1 is 1.43 bits per heavy atom. The van der Waals surface area contributed by atoms with Gasteiger partial charge in [-0.05, 0) is 44.7 Å². The zero-order valence-electron chi connectivity index (χ0n) is 12.2. The highest BCUT2D eigenvalue weighted by molar-refractivity contribution is 5.86. The van der Waals surface area contributed by atoms with Crippen LogP contribution in [0.25, 0.3) is 0 Å². The smallest absolute Gasteiger partial charge is 0.241 e. The van der Waals surface area contributed by atoms with E-state index in [1.165, 1.54) is 6.07 Å². The van der Waals surface area contributed by atoms with Crippen molar-refractivity contribution >= 4 is 5.91 Å². The summed E-state index contributed by atoms with van der Waals surface area (Å²) in [4.78, 5) is 11.9. The van der Waals surface area contributed by atoms with E-state index in [0.29, 0.717) is 0 Å². The zero-order valence-corrected chi connectivity index (χ0v) is 12.2. The molecule has 6 heteroatoms. The monoisotopic (exact) mass is 298 g/mol. The van der Waals surface area contributed by atoms with Gasteiger partial charge in [0.2, 0.25) is 5.91 Å². The first-order valence-electron chi connectivity index (χ1n) is 7.01. The molecule has 116 valence electrons. The average Bonchev–Trinajstić information content (AvgIpc) is 3.20. The average molecular weight is 298 g/mol. The first kappa shape index (κ1) is 15.7. The van der Waals surface area contributed by atoms with Crippen molar-refractivity contribution < 1.29 is 18.3 Å². The maximum atomic E-state index is 13.6. The van der Waals surface area contributed by atoms with Gasteiger partial charge in [-0.1, -0.05) is 6.07 Å². The van der Waals surface area contributed by atoms with Crippen molar-refractivity contribution in [3.63, 3.8) is 0 Å². The lowest BCUT2D eigenvalue weighted by Crippen LogP contribution is -2.62. The van der Waals surface area contributed by atoms with Gasteiger partial charge in [0.15, 0.2) is 17.4 Å². The summed E-state index contributed by atoms with van der Waals surface area (Å²) < 4.78 is 32.5. The third-order valence-electron chi connectivity index (χ3n) is 3.62. The van der Waals surface area contributed by atoms with E-state index < -0.39 is 28.8 Å². The van der Waals surface area contributed by atoms with Crippen molar-refractivity contribution in [2.24, 2.45) is 11.7 Å². The molecule has 0 radical (unpaired) electrons. The van der Waals surface area contributed by atoms with Crippen LogP contribution in [-0.4, -0.2) is 24.1 Å². The number of ether oxygens (including phenoxy) is 1. The van der Waals surface area contributed by atoms with E-state index in [1.807, 2.05) is 13.8 Å². The van der Waals surface area contributed by atoms with Crippen LogP contribution in [0.5, 0.6) is 5.75 Å². The van der Waals surface area contributed by atoms with Gasteiger partial charge < -0.3 is 10.5 Å². The maximum absolute atomic E-state index is 13.6. The fourth-order valence-electron chi connectivity index (χ4n) is 2.52. The molecule has 21 heavy (non-hydrogen) atoms. The van der Waals surface area contributed by atoms with Crippen molar-refractivity contribution in [2.45, 2.75) is 38.3 Å². The zero-order chi connectivity index (χ0) is 15.6. The summed E-state index contributed by atoms with van der Waals surface area (Å²) in [7, 11) is 0. The lowest BCUT2D eigenvalue weighted by Gasteiger charge is -2.33. The van der Waals surface area contributed by atoms with Crippen LogP contribution in [0.3, 0.4) is 0 Å². The molecule has 0 heterocycles. The topological polar surface area (TPSA) is 64.3 Å². The predicted molar refractivity (Wildman–Crippen MR) is 74.8 cm³/mol. The van der Waals surface area contributed by atoms with Crippen molar-refractivity contribution in [3.05, 3.63) is 29.8 Å². The normalized spacial score (nSPS) is 17.6. The van der Waals surface area contributed by atoms with Gasteiger partial charge in [-0.2, -0.15) is 0 Å². The number of hydrogen-bond donors (Lipinski definition) is 2. The number of primary amides is 1. The van der Waals surface area contributed by atoms with Crippen molar-refractivity contribution in [1.29, 1.82) is 0 Å². The lowest BCUT2D eigenvalue weighted by atomic mass is 9.92. The van der Waals surface area contributed by atoms with E-state index in [0.717, 1.165) is 25.0 Å². The number of nitrogens with two attached hydrogens (primary N) is 1. The minimum absolute atomic E-state index is 0.00725. The number of halogens is 2. The molecule has 2 rings (SSSR count). The molecule has 1 aromatic carbocycles. The molecule has 0 spiro atoms. The van der Waals surface area contributed by atoms with Crippen molar-refractivity contribution in [1.82, 2.24) is 5.32 Å². The summed E-state index contributed by atoms with van der Waals surface area (Å²) in [5.74, 6) is -2.60. The summed E-state index contributed by atoms with van der Waals surface area (Å²) in [6, 6.07) is 3.47. The van der Waals surface area contributed by atoms with Crippen LogP contribution in [0.1, 0.15) is 26.7 Å². The molecular weight excluding hydrogens is 278 g/mol. The Balaban J connectivity index is 2.21. The Kier molecular flexibility index (Phi) is 4.46. The lowest BCUT2D eigenvalue weighted by molar-refractivity contribution is -0.127.